The molecule has 0 radical (unpaired) electrons. The molecule has 1 amide bonds. The molecular formula is C24H25NO3S. The molecule has 5 heteroatoms. The lowest BCUT2D eigenvalue weighted by atomic mass is 9.99. The molecule has 1 atom stereocenters. The Morgan fingerprint density at radius 1 is 0.828 bits per heavy atom. The molecule has 0 spiro atoms. The normalized spacial score (nSPS) is 12.3. The zero-order valence-electron chi connectivity index (χ0n) is 16.6. The van der Waals surface area contributed by atoms with E-state index in [1.54, 1.807) is 24.3 Å². The highest BCUT2D eigenvalue weighted by molar-refractivity contribution is 7.91. The number of carbonyl (C=O) groups excluding carboxylic acids is 1. The van der Waals surface area contributed by atoms with Crippen LogP contribution in [-0.2, 0) is 21.2 Å². The van der Waals surface area contributed by atoms with Crippen LogP contribution in [0.2, 0.25) is 0 Å². The molecule has 0 heterocycles. The standard InChI is InChI=1S/C24H25NO3S/c1-18-8-12-21(13-9-18)23(24(26)25-16-20-6-4-3-5-7-20)17-29(27,28)22-14-10-19(2)11-15-22/h3-15,23H,16-17H2,1-2H3,(H,25,26). The van der Waals surface area contributed by atoms with Gasteiger partial charge in [-0.05, 0) is 37.1 Å². The van der Waals surface area contributed by atoms with Gasteiger partial charge in [-0.3, -0.25) is 4.79 Å². The smallest absolute Gasteiger partial charge is 0.228 e. The molecule has 1 unspecified atom stereocenters. The van der Waals surface area contributed by atoms with E-state index in [1.165, 1.54) is 0 Å². The van der Waals surface area contributed by atoms with E-state index in [1.807, 2.05) is 68.4 Å². The van der Waals surface area contributed by atoms with Crippen molar-refractivity contribution in [3.05, 3.63) is 101 Å². The molecule has 0 fully saturated rings. The first-order valence-electron chi connectivity index (χ1n) is 9.53. The van der Waals surface area contributed by atoms with Gasteiger partial charge in [-0.25, -0.2) is 8.42 Å². The van der Waals surface area contributed by atoms with Crippen molar-refractivity contribution in [2.75, 3.05) is 5.75 Å². The molecule has 0 saturated carbocycles. The Morgan fingerprint density at radius 2 is 1.38 bits per heavy atom. The van der Waals surface area contributed by atoms with Gasteiger partial charge in [-0.1, -0.05) is 77.9 Å². The summed E-state index contributed by atoms with van der Waals surface area (Å²) in [6.45, 7) is 4.21. The number of hydrogen-bond acceptors (Lipinski definition) is 3. The predicted molar refractivity (Wildman–Crippen MR) is 115 cm³/mol. The van der Waals surface area contributed by atoms with Gasteiger partial charge in [-0.2, -0.15) is 0 Å². The fraction of sp³-hybridized carbons (Fsp3) is 0.208. The number of nitrogens with one attached hydrogen (secondary N) is 1. The zero-order valence-corrected chi connectivity index (χ0v) is 17.4. The highest BCUT2D eigenvalue weighted by Gasteiger charge is 2.28. The molecule has 150 valence electrons. The number of carbonyl (C=O) groups is 1. The Kier molecular flexibility index (Phi) is 6.49. The minimum Gasteiger partial charge on any atom is -0.351 e. The van der Waals surface area contributed by atoms with Crippen LogP contribution in [-0.4, -0.2) is 20.1 Å². The van der Waals surface area contributed by atoms with Gasteiger partial charge in [0.25, 0.3) is 0 Å². The van der Waals surface area contributed by atoms with Crippen molar-refractivity contribution >= 4 is 15.7 Å². The number of sulfone groups is 1. The average Bonchev–Trinajstić information content (AvgIpc) is 2.72. The molecule has 4 nitrogen and oxygen atoms in total. The molecule has 0 bridgehead atoms. The number of amides is 1. The number of aryl methyl sites for hydroxylation is 2. The van der Waals surface area contributed by atoms with E-state index in [-0.39, 0.29) is 16.6 Å². The van der Waals surface area contributed by atoms with Crippen LogP contribution < -0.4 is 5.32 Å². The van der Waals surface area contributed by atoms with Crippen molar-refractivity contribution < 1.29 is 13.2 Å². The SMILES string of the molecule is Cc1ccc(C(CS(=O)(=O)c2ccc(C)cc2)C(=O)NCc2ccccc2)cc1. The second kappa shape index (κ2) is 9.05. The summed E-state index contributed by atoms with van der Waals surface area (Å²) in [5, 5.41) is 2.89. The van der Waals surface area contributed by atoms with E-state index in [0.717, 1.165) is 16.7 Å². The predicted octanol–water partition coefficient (Wildman–Crippen LogP) is 4.18. The van der Waals surface area contributed by atoms with Crippen molar-refractivity contribution in [2.24, 2.45) is 0 Å². The lowest BCUT2D eigenvalue weighted by Gasteiger charge is -2.18. The Morgan fingerprint density at radius 3 is 1.97 bits per heavy atom. The molecule has 3 aromatic rings. The Bertz CT molecular complexity index is 1060. The van der Waals surface area contributed by atoms with Crippen molar-refractivity contribution in [3.63, 3.8) is 0 Å². The van der Waals surface area contributed by atoms with Crippen LogP contribution in [0.4, 0.5) is 0 Å². The largest absolute Gasteiger partial charge is 0.351 e. The lowest BCUT2D eigenvalue weighted by molar-refractivity contribution is -0.122. The number of rotatable bonds is 7. The maximum Gasteiger partial charge on any atom is 0.228 e. The fourth-order valence-corrected chi connectivity index (χ4v) is 4.62. The van der Waals surface area contributed by atoms with Crippen LogP contribution >= 0.6 is 0 Å². The van der Waals surface area contributed by atoms with E-state index >= 15 is 0 Å². The summed E-state index contributed by atoms with van der Waals surface area (Å²) in [6, 6.07) is 23.7. The van der Waals surface area contributed by atoms with Crippen molar-refractivity contribution in [2.45, 2.75) is 31.2 Å². The van der Waals surface area contributed by atoms with Crippen LogP contribution in [0, 0.1) is 13.8 Å². The Labute approximate surface area is 172 Å². The van der Waals surface area contributed by atoms with Crippen LogP contribution in [0.1, 0.15) is 28.2 Å². The first kappa shape index (κ1) is 20.8. The summed E-state index contributed by atoms with van der Waals surface area (Å²) in [5.41, 5.74) is 3.69. The van der Waals surface area contributed by atoms with E-state index < -0.39 is 15.8 Å². The maximum atomic E-state index is 13.0. The second-order valence-corrected chi connectivity index (χ2v) is 9.30. The molecular weight excluding hydrogens is 382 g/mol. The van der Waals surface area contributed by atoms with E-state index in [9.17, 15) is 13.2 Å². The lowest BCUT2D eigenvalue weighted by Crippen LogP contribution is -2.33. The topological polar surface area (TPSA) is 63.2 Å². The summed E-state index contributed by atoms with van der Waals surface area (Å²) >= 11 is 0. The second-order valence-electron chi connectivity index (χ2n) is 7.26. The number of benzene rings is 3. The minimum atomic E-state index is -3.62. The van der Waals surface area contributed by atoms with Gasteiger partial charge >= 0.3 is 0 Å². The quantitative estimate of drug-likeness (QED) is 0.639. The molecule has 1 N–H and O–H groups in total. The van der Waals surface area contributed by atoms with Crippen molar-refractivity contribution in [3.8, 4) is 0 Å². The van der Waals surface area contributed by atoms with E-state index in [0.29, 0.717) is 12.1 Å². The Hall–Kier alpha value is -2.92. The molecule has 0 aromatic heterocycles. The third kappa shape index (κ3) is 5.55. The van der Waals surface area contributed by atoms with Crippen molar-refractivity contribution in [1.29, 1.82) is 0 Å². The Balaban J connectivity index is 1.85. The first-order valence-corrected chi connectivity index (χ1v) is 11.2. The number of hydrogen-bond donors (Lipinski definition) is 1. The highest BCUT2D eigenvalue weighted by Crippen LogP contribution is 2.23. The minimum absolute atomic E-state index is 0.232. The van der Waals surface area contributed by atoms with Crippen LogP contribution in [0.25, 0.3) is 0 Å². The van der Waals surface area contributed by atoms with E-state index in [2.05, 4.69) is 5.32 Å². The molecule has 3 aromatic carbocycles. The summed E-state index contributed by atoms with van der Waals surface area (Å²) < 4.78 is 26.0. The van der Waals surface area contributed by atoms with Gasteiger partial charge in [0.1, 0.15) is 0 Å². The third-order valence-corrected chi connectivity index (χ3v) is 6.63. The van der Waals surface area contributed by atoms with Gasteiger partial charge in [0.2, 0.25) is 5.91 Å². The van der Waals surface area contributed by atoms with Crippen molar-refractivity contribution in [1.82, 2.24) is 5.32 Å². The first-order chi connectivity index (χ1) is 13.8. The van der Waals surface area contributed by atoms with Crippen LogP contribution in [0.5, 0.6) is 0 Å². The molecule has 0 saturated heterocycles. The zero-order chi connectivity index (χ0) is 20.9. The van der Waals surface area contributed by atoms with Gasteiger partial charge in [-0.15, -0.1) is 0 Å². The van der Waals surface area contributed by atoms with Gasteiger partial charge in [0, 0.05) is 6.54 Å². The highest BCUT2D eigenvalue weighted by atomic mass is 32.2. The third-order valence-electron chi connectivity index (χ3n) is 4.87. The molecule has 3 rings (SSSR count). The molecule has 0 aliphatic carbocycles. The average molecular weight is 408 g/mol. The van der Waals surface area contributed by atoms with Gasteiger partial charge in [0.05, 0.1) is 16.6 Å². The molecule has 0 aliphatic rings. The summed E-state index contributed by atoms with van der Waals surface area (Å²) in [5.74, 6) is -1.36. The van der Waals surface area contributed by atoms with E-state index in [4.69, 9.17) is 0 Å². The fourth-order valence-electron chi connectivity index (χ4n) is 3.09. The van der Waals surface area contributed by atoms with Gasteiger partial charge < -0.3 is 5.32 Å². The summed E-state index contributed by atoms with van der Waals surface area (Å²) in [7, 11) is -3.62. The summed E-state index contributed by atoms with van der Waals surface area (Å²) in [4.78, 5) is 13.2. The van der Waals surface area contributed by atoms with Crippen LogP contribution in [0.15, 0.2) is 83.8 Å². The molecule has 0 aliphatic heterocycles. The monoisotopic (exact) mass is 407 g/mol. The summed E-state index contributed by atoms with van der Waals surface area (Å²) in [6.07, 6.45) is 0. The van der Waals surface area contributed by atoms with Gasteiger partial charge in [0.15, 0.2) is 9.84 Å². The molecule has 29 heavy (non-hydrogen) atoms. The van der Waals surface area contributed by atoms with Crippen LogP contribution in [0.3, 0.4) is 0 Å². The maximum absolute atomic E-state index is 13.0.